The number of nitrogens with zero attached hydrogens (tertiary/aromatic N) is 1. The third kappa shape index (κ3) is 19.3. The largest absolute Gasteiger partial charge is 0.480 e. The molecule has 0 aliphatic rings. The second-order valence-corrected chi connectivity index (χ2v) is 14.4. The maximum Gasteiger partial charge on any atom is 0.408 e. The predicted octanol–water partition coefficient (Wildman–Crippen LogP) is 5.75. The number of hydrogen-bond donors (Lipinski definition) is 4. The molecule has 0 radical (unpaired) electrons. The number of benzene rings is 1. The molecule has 2 atom stereocenters. The van der Waals surface area contributed by atoms with E-state index in [4.69, 9.17) is 14.2 Å². The van der Waals surface area contributed by atoms with Gasteiger partial charge in [0.05, 0.1) is 0 Å². The molecule has 0 unspecified atom stereocenters. The summed E-state index contributed by atoms with van der Waals surface area (Å²) in [4.78, 5) is 64.9. The zero-order chi connectivity index (χ0) is 35.8. The Morgan fingerprint density at radius 2 is 1.13 bits per heavy atom. The van der Waals surface area contributed by atoms with E-state index in [0.717, 1.165) is 5.56 Å². The molecule has 0 aromatic heterocycles. The first kappa shape index (κ1) is 41.0. The van der Waals surface area contributed by atoms with Gasteiger partial charge in [-0.1, -0.05) is 30.3 Å². The molecule has 0 heterocycles. The SMILES string of the molecule is CC(C)(C)OC(=O)NCCCC[C@H](NC(=O)OC(C)(C)C)C(=O)N(Cc1ccccc1)[C@@H](CCCCNC(=O)OC(C)(C)C)C(=O)O. The van der Waals surface area contributed by atoms with Gasteiger partial charge in [-0.15, -0.1) is 0 Å². The Kier molecular flexibility index (Phi) is 16.5. The Balaban J connectivity index is 3.12. The molecule has 1 aromatic carbocycles. The summed E-state index contributed by atoms with van der Waals surface area (Å²) in [5.41, 5.74) is -1.39. The van der Waals surface area contributed by atoms with Gasteiger partial charge in [-0.25, -0.2) is 19.2 Å². The van der Waals surface area contributed by atoms with Crippen LogP contribution in [0.1, 0.15) is 106 Å². The molecular formula is C34H56N4O9. The molecule has 1 rings (SSSR count). The maximum atomic E-state index is 14.2. The van der Waals surface area contributed by atoms with Gasteiger partial charge in [0.2, 0.25) is 5.91 Å². The number of aliphatic carboxylic acids is 1. The van der Waals surface area contributed by atoms with E-state index >= 15 is 0 Å². The minimum atomic E-state index is -1.21. The molecule has 0 bridgehead atoms. The third-order valence-electron chi connectivity index (χ3n) is 6.29. The van der Waals surface area contributed by atoms with Crippen molar-refractivity contribution in [2.24, 2.45) is 0 Å². The van der Waals surface area contributed by atoms with Crippen molar-refractivity contribution in [3.63, 3.8) is 0 Å². The molecular weight excluding hydrogens is 608 g/mol. The number of ether oxygens (including phenoxy) is 3. The van der Waals surface area contributed by atoms with E-state index in [0.29, 0.717) is 25.7 Å². The molecule has 0 saturated carbocycles. The van der Waals surface area contributed by atoms with E-state index in [1.165, 1.54) is 4.90 Å². The Morgan fingerprint density at radius 1 is 0.681 bits per heavy atom. The van der Waals surface area contributed by atoms with E-state index < -0.39 is 59.0 Å². The van der Waals surface area contributed by atoms with Crippen molar-refractivity contribution in [2.45, 2.75) is 136 Å². The summed E-state index contributed by atoms with van der Waals surface area (Å²) < 4.78 is 15.9. The lowest BCUT2D eigenvalue weighted by atomic mass is 10.0. The summed E-state index contributed by atoms with van der Waals surface area (Å²) in [5.74, 6) is -1.76. The zero-order valence-electron chi connectivity index (χ0n) is 29.6. The van der Waals surface area contributed by atoms with Gasteiger partial charge in [0.25, 0.3) is 0 Å². The fourth-order valence-electron chi connectivity index (χ4n) is 4.39. The second-order valence-electron chi connectivity index (χ2n) is 14.4. The highest BCUT2D eigenvalue weighted by Gasteiger charge is 2.35. The van der Waals surface area contributed by atoms with Crippen LogP contribution in [0, 0.1) is 0 Å². The topological polar surface area (TPSA) is 173 Å². The molecule has 0 aliphatic carbocycles. The van der Waals surface area contributed by atoms with Crippen LogP contribution >= 0.6 is 0 Å². The summed E-state index contributed by atoms with van der Waals surface area (Å²) >= 11 is 0. The number of amides is 4. The number of carbonyl (C=O) groups excluding carboxylic acids is 4. The number of hydrogen-bond acceptors (Lipinski definition) is 8. The van der Waals surface area contributed by atoms with Gasteiger partial charge in [-0.2, -0.15) is 0 Å². The standard InChI is InChI=1S/C34H56N4O9/c1-32(2,3)45-29(42)35-21-15-13-19-25(37-31(44)47-34(7,8)9)27(39)38(23-24-17-11-10-12-18-24)26(28(40)41)20-14-16-22-36-30(43)46-33(4,5)6/h10-12,17-18,25-26H,13-16,19-23H2,1-9H3,(H,35,42)(H,36,43)(H,37,44)(H,40,41)/t25-,26-/m0/s1. The van der Waals surface area contributed by atoms with Gasteiger partial charge in [0.1, 0.15) is 28.9 Å². The van der Waals surface area contributed by atoms with Gasteiger partial charge in [-0.05, 0) is 106 Å². The number of nitrogens with one attached hydrogen (secondary N) is 3. The lowest BCUT2D eigenvalue weighted by molar-refractivity contribution is -0.152. The van der Waals surface area contributed by atoms with Crippen LogP contribution in [0.25, 0.3) is 0 Å². The molecule has 0 aliphatic heterocycles. The van der Waals surface area contributed by atoms with Crippen LogP contribution in [0.2, 0.25) is 0 Å². The van der Waals surface area contributed by atoms with Crippen LogP contribution in [0.4, 0.5) is 14.4 Å². The lowest BCUT2D eigenvalue weighted by Gasteiger charge is -2.33. The average Bonchev–Trinajstić information content (AvgIpc) is 2.90. The molecule has 0 saturated heterocycles. The Labute approximate surface area is 279 Å². The van der Waals surface area contributed by atoms with Crippen molar-refractivity contribution in [3.05, 3.63) is 35.9 Å². The molecule has 4 N–H and O–H groups in total. The van der Waals surface area contributed by atoms with E-state index in [2.05, 4.69) is 16.0 Å². The van der Waals surface area contributed by atoms with Crippen molar-refractivity contribution in [1.82, 2.24) is 20.9 Å². The van der Waals surface area contributed by atoms with Crippen LogP contribution in [0.15, 0.2) is 30.3 Å². The number of carboxylic acid groups (broad SMARTS) is 1. The van der Waals surface area contributed by atoms with E-state index in [9.17, 15) is 29.1 Å². The average molecular weight is 665 g/mol. The molecule has 0 spiro atoms. The first-order chi connectivity index (χ1) is 21.7. The summed E-state index contributed by atoms with van der Waals surface area (Å²) in [5, 5.41) is 18.3. The fraction of sp³-hybridized carbons (Fsp3) is 0.676. The number of carboxylic acids is 1. The normalized spacial score (nSPS) is 13.0. The number of carbonyl (C=O) groups is 5. The van der Waals surface area contributed by atoms with Gasteiger partial charge >= 0.3 is 24.2 Å². The fourth-order valence-corrected chi connectivity index (χ4v) is 4.39. The van der Waals surface area contributed by atoms with Crippen LogP contribution in [-0.4, -0.2) is 82.1 Å². The van der Waals surface area contributed by atoms with Crippen molar-refractivity contribution in [2.75, 3.05) is 13.1 Å². The summed E-state index contributed by atoms with van der Waals surface area (Å²) in [6.45, 7) is 16.2. The lowest BCUT2D eigenvalue weighted by Crippen LogP contribution is -2.54. The van der Waals surface area contributed by atoms with Crippen molar-refractivity contribution < 1.29 is 43.3 Å². The molecule has 1 aromatic rings. The Bertz CT molecular complexity index is 1150. The molecule has 13 heteroatoms. The molecule has 0 fully saturated rings. The van der Waals surface area contributed by atoms with Crippen molar-refractivity contribution in [1.29, 1.82) is 0 Å². The quantitative estimate of drug-likeness (QED) is 0.127. The Hall–Kier alpha value is -4.03. The minimum absolute atomic E-state index is 0.000500. The van der Waals surface area contributed by atoms with Gasteiger partial charge in [0, 0.05) is 19.6 Å². The number of unbranched alkanes of at least 4 members (excludes halogenated alkanes) is 2. The summed E-state index contributed by atoms with van der Waals surface area (Å²) in [7, 11) is 0. The maximum absolute atomic E-state index is 14.2. The molecule has 47 heavy (non-hydrogen) atoms. The molecule has 266 valence electrons. The summed E-state index contributed by atoms with van der Waals surface area (Å²) in [6.07, 6.45) is 0.116. The third-order valence-corrected chi connectivity index (χ3v) is 6.29. The highest BCUT2D eigenvalue weighted by Crippen LogP contribution is 2.19. The first-order valence-electron chi connectivity index (χ1n) is 16.2. The number of rotatable bonds is 16. The summed E-state index contributed by atoms with van der Waals surface area (Å²) in [6, 6.07) is 6.70. The van der Waals surface area contributed by atoms with Crippen LogP contribution in [0.5, 0.6) is 0 Å². The monoisotopic (exact) mass is 664 g/mol. The van der Waals surface area contributed by atoms with Gasteiger partial charge in [0.15, 0.2) is 0 Å². The van der Waals surface area contributed by atoms with Crippen molar-refractivity contribution in [3.8, 4) is 0 Å². The van der Waals surface area contributed by atoms with E-state index in [1.54, 1.807) is 86.6 Å². The molecule has 13 nitrogen and oxygen atoms in total. The van der Waals surface area contributed by atoms with Crippen LogP contribution in [-0.2, 0) is 30.3 Å². The van der Waals surface area contributed by atoms with E-state index in [1.807, 2.05) is 6.07 Å². The minimum Gasteiger partial charge on any atom is -0.480 e. The number of alkyl carbamates (subject to hydrolysis) is 3. The van der Waals surface area contributed by atoms with Crippen LogP contribution < -0.4 is 16.0 Å². The van der Waals surface area contributed by atoms with Crippen LogP contribution in [0.3, 0.4) is 0 Å². The highest BCUT2D eigenvalue weighted by molar-refractivity contribution is 5.89. The van der Waals surface area contributed by atoms with E-state index in [-0.39, 0.29) is 32.5 Å². The smallest absolute Gasteiger partial charge is 0.408 e. The second kappa shape index (κ2) is 19.0. The predicted molar refractivity (Wildman–Crippen MR) is 178 cm³/mol. The highest BCUT2D eigenvalue weighted by atomic mass is 16.6. The van der Waals surface area contributed by atoms with Gasteiger partial charge < -0.3 is 40.2 Å². The first-order valence-corrected chi connectivity index (χ1v) is 16.2. The molecule has 4 amide bonds. The Morgan fingerprint density at radius 3 is 1.57 bits per heavy atom. The van der Waals surface area contributed by atoms with Crippen molar-refractivity contribution >= 4 is 30.2 Å². The zero-order valence-corrected chi connectivity index (χ0v) is 29.6. The van der Waals surface area contributed by atoms with Gasteiger partial charge in [-0.3, -0.25) is 4.79 Å².